The molecule has 20 heavy (non-hydrogen) atoms. The minimum atomic E-state index is 0.853. The Morgan fingerprint density at radius 3 is 2.55 bits per heavy atom. The lowest BCUT2D eigenvalue weighted by Crippen LogP contribution is -2.29. The van der Waals surface area contributed by atoms with Gasteiger partial charge in [0.15, 0.2) is 0 Å². The van der Waals surface area contributed by atoms with Crippen LogP contribution in [0.25, 0.3) is 0 Å². The van der Waals surface area contributed by atoms with E-state index in [1.165, 1.54) is 43.6 Å². The Labute approximate surface area is 124 Å². The van der Waals surface area contributed by atoms with Gasteiger partial charge < -0.3 is 10.2 Å². The van der Waals surface area contributed by atoms with Crippen molar-refractivity contribution < 1.29 is 0 Å². The highest BCUT2D eigenvalue weighted by Gasteiger charge is 2.10. The van der Waals surface area contributed by atoms with E-state index in [0.29, 0.717) is 0 Å². The van der Waals surface area contributed by atoms with Gasteiger partial charge in [0.05, 0.1) is 0 Å². The lowest BCUT2D eigenvalue weighted by atomic mass is 10.1. The van der Waals surface area contributed by atoms with Crippen LogP contribution in [0.5, 0.6) is 0 Å². The molecule has 1 aliphatic heterocycles. The number of anilines is 1. The van der Waals surface area contributed by atoms with Crippen LogP contribution in [-0.4, -0.2) is 18.1 Å². The van der Waals surface area contributed by atoms with Crippen LogP contribution in [0.2, 0.25) is 0 Å². The molecule has 3 nitrogen and oxygen atoms in total. The number of hydrogen-bond donors (Lipinski definition) is 1. The van der Waals surface area contributed by atoms with E-state index >= 15 is 0 Å². The molecule has 1 fully saturated rings. The molecule has 0 atom stereocenters. The standard InChI is InChI=1S/C16H21N3S/c1-2-9-19(10-3-1)15-6-4-14(5-7-15)12-17-13-16-18-8-11-20-16/h4-8,11,17H,1-3,9-10,12-13H2. The van der Waals surface area contributed by atoms with Crippen molar-refractivity contribution in [3.05, 3.63) is 46.4 Å². The van der Waals surface area contributed by atoms with E-state index in [9.17, 15) is 0 Å². The maximum Gasteiger partial charge on any atom is 0.106 e. The average Bonchev–Trinajstić information content (AvgIpc) is 3.02. The van der Waals surface area contributed by atoms with E-state index in [0.717, 1.165) is 18.1 Å². The number of rotatable bonds is 5. The third-order valence-corrected chi connectivity index (χ3v) is 4.53. The summed E-state index contributed by atoms with van der Waals surface area (Å²) < 4.78 is 0. The first-order chi connectivity index (χ1) is 9.92. The Morgan fingerprint density at radius 1 is 1.05 bits per heavy atom. The summed E-state index contributed by atoms with van der Waals surface area (Å²) in [6.07, 6.45) is 5.90. The minimum absolute atomic E-state index is 0.853. The molecule has 2 aromatic rings. The molecule has 1 aliphatic rings. The lowest BCUT2D eigenvalue weighted by molar-refractivity contribution is 0.578. The van der Waals surface area contributed by atoms with Crippen LogP contribution in [0.1, 0.15) is 29.8 Å². The quantitative estimate of drug-likeness (QED) is 0.913. The maximum absolute atomic E-state index is 4.27. The lowest BCUT2D eigenvalue weighted by Gasteiger charge is -2.28. The number of aromatic nitrogens is 1. The summed E-state index contributed by atoms with van der Waals surface area (Å²) >= 11 is 1.70. The van der Waals surface area contributed by atoms with Crippen molar-refractivity contribution in [1.82, 2.24) is 10.3 Å². The molecular weight excluding hydrogens is 266 g/mol. The Balaban J connectivity index is 1.50. The molecule has 2 heterocycles. The van der Waals surface area contributed by atoms with Gasteiger partial charge in [0.25, 0.3) is 0 Å². The summed E-state index contributed by atoms with van der Waals surface area (Å²) in [5, 5.41) is 6.60. The number of hydrogen-bond acceptors (Lipinski definition) is 4. The molecule has 0 unspecified atom stereocenters. The van der Waals surface area contributed by atoms with E-state index in [1.807, 2.05) is 11.6 Å². The fourth-order valence-corrected chi connectivity index (χ4v) is 3.22. The SMILES string of the molecule is c1csc(CNCc2ccc(N3CCCCC3)cc2)n1. The summed E-state index contributed by atoms with van der Waals surface area (Å²) in [5.74, 6) is 0. The molecule has 0 saturated carbocycles. The normalized spacial score (nSPS) is 15.5. The molecule has 3 rings (SSSR count). The van der Waals surface area contributed by atoms with Gasteiger partial charge >= 0.3 is 0 Å². The summed E-state index contributed by atoms with van der Waals surface area (Å²) in [6.45, 7) is 4.18. The van der Waals surface area contributed by atoms with Gasteiger partial charge in [0.2, 0.25) is 0 Å². The van der Waals surface area contributed by atoms with Gasteiger partial charge in [0, 0.05) is 43.4 Å². The second kappa shape index (κ2) is 6.86. The molecule has 4 heteroatoms. The van der Waals surface area contributed by atoms with Crippen LogP contribution >= 0.6 is 11.3 Å². The zero-order chi connectivity index (χ0) is 13.6. The highest BCUT2D eigenvalue weighted by molar-refractivity contribution is 7.09. The molecule has 106 valence electrons. The number of nitrogens with zero attached hydrogens (tertiary/aromatic N) is 2. The fraction of sp³-hybridized carbons (Fsp3) is 0.438. The van der Waals surface area contributed by atoms with Crippen LogP contribution < -0.4 is 10.2 Å². The number of benzene rings is 1. The first-order valence-electron chi connectivity index (χ1n) is 7.35. The van der Waals surface area contributed by atoms with Crippen molar-refractivity contribution in [2.24, 2.45) is 0 Å². The predicted octanol–water partition coefficient (Wildman–Crippen LogP) is 3.42. The van der Waals surface area contributed by atoms with Gasteiger partial charge in [0.1, 0.15) is 5.01 Å². The molecule has 1 aromatic heterocycles. The van der Waals surface area contributed by atoms with Crippen molar-refractivity contribution in [3.8, 4) is 0 Å². The van der Waals surface area contributed by atoms with Crippen LogP contribution in [0.3, 0.4) is 0 Å². The minimum Gasteiger partial charge on any atom is -0.372 e. The third-order valence-electron chi connectivity index (χ3n) is 3.75. The Kier molecular flexibility index (Phi) is 4.66. The van der Waals surface area contributed by atoms with Gasteiger partial charge in [-0.1, -0.05) is 12.1 Å². The first-order valence-corrected chi connectivity index (χ1v) is 8.23. The second-order valence-corrected chi connectivity index (χ2v) is 6.22. The fourth-order valence-electron chi connectivity index (χ4n) is 2.63. The van der Waals surface area contributed by atoms with Crippen molar-refractivity contribution in [2.45, 2.75) is 32.4 Å². The molecule has 0 amide bonds. The Morgan fingerprint density at radius 2 is 1.85 bits per heavy atom. The zero-order valence-electron chi connectivity index (χ0n) is 11.7. The van der Waals surface area contributed by atoms with Crippen LogP contribution in [0.15, 0.2) is 35.8 Å². The Hall–Kier alpha value is -1.39. The summed E-state index contributed by atoms with van der Waals surface area (Å²) in [4.78, 5) is 6.77. The summed E-state index contributed by atoms with van der Waals surface area (Å²) in [5.41, 5.74) is 2.70. The van der Waals surface area contributed by atoms with E-state index in [2.05, 4.69) is 39.5 Å². The van der Waals surface area contributed by atoms with Crippen molar-refractivity contribution in [3.63, 3.8) is 0 Å². The monoisotopic (exact) mass is 287 g/mol. The van der Waals surface area contributed by atoms with Gasteiger partial charge in [-0.15, -0.1) is 11.3 Å². The van der Waals surface area contributed by atoms with E-state index < -0.39 is 0 Å². The largest absolute Gasteiger partial charge is 0.372 e. The molecule has 0 spiro atoms. The van der Waals surface area contributed by atoms with Crippen molar-refractivity contribution in [2.75, 3.05) is 18.0 Å². The molecular formula is C16H21N3S. The summed E-state index contributed by atoms with van der Waals surface area (Å²) in [6, 6.07) is 8.98. The van der Waals surface area contributed by atoms with Gasteiger partial charge in [-0.2, -0.15) is 0 Å². The summed E-state index contributed by atoms with van der Waals surface area (Å²) in [7, 11) is 0. The number of piperidine rings is 1. The van der Waals surface area contributed by atoms with Gasteiger partial charge in [-0.05, 0) is 37.0 Å². The first kappa shape index (κ1) is 13.6. The molecule has 0 aliphatic carbocycles. The molecule has 0 radical (unpaired) electrons. The third kappa shape index (κ3) is 3.58. The number of nitrogens with one attached hydrogen (secondary N) is 1. The van der Waals surface area contributed by atoms with E-state index in [1.54, 1.807) is 11.3 Å². The smallest absolute Gasteiger partial charge is 0.106 e. The molecule has 1 aromatic carbocycles. The average molecular weight is 287 g/mol. The topological polar surface area (TPSA) is 28.2 Å². The molecule has 1 N–H and O–H groups in total. The van der Waals surface area contributed by atoms with Crippen LogP contribution in [-0.2, 0) is 13.1 Å². The van der Waals surface area contributed by atoms with Crippen LogP contribution in [0.4, 0.5) is 5.69 Å². The highest BCUT2D eigenvalue weighted by Crippen LogP contribution is 2.20. The predicted molar refractivity (Wildman–Crippen MR) is 85.2 cm³/mol. The van der Waals surface area contributed by atoms with Crippen molar-refractivity contribution in [1.29, 1.82) is 0 Å². The second-order valence-electron chi connectivity index (χ2n) is 5.24. The number of thiazole rings is 1. The highest BCUT2D eigenvalue weighted by atomic mass is 32.1. The molecule has 0 bridgehead atoms. The van der Waals surface area contributed by atoms with Crippen molar-refractivity contribution >= 4 is 17.0 Å². The Bertz CT molecular complexity index is 501. The van der Waals surface area contributed by atoms with E-state index in [4.69, 9.17) is 0 Å². The maximum atomic E-state index is 4.27. The molecule has 1 saturated heterocycles. The zero-order valence-corrected chi connectivity index (χ0v) is 12.5. The van der Waals surface area contributed by atoms with E-state index in [-0.39, 0.29) is 0 Å². The van der Waals surface area contributed by atoms with Crippen LogP contribution in [0, 0.1) is 0 Å². The van der Waals surface area contributed by atoms with Gasteiger partial charge in [-0.25, -0.2) is 4.98 Å². The van der Waals surface area contributed by atoms with Gasteiger partial charge in [-0.3, -0.25) is 0 Å².